The van der Waals surface area contributed by atoms with Crippen LogP contribution < -0.4 is 5.73 Å². The number of hydrogen-bond donors (Lipinski definition) is 2. The van der Waals surface area contributed by atoms with Crippen LogP contribution in [0, 0.1) is 5.82 Å². The van der Waals surface area contributed by atoms with Crippen LogP contribution in [0.1, 0.15) is 13.3 Å². The molecule has 1 aromatic rings. The second-order valence-electron chi connectivity index (χ2n) is 3.39. The smallest absolute Gasteiger partial charge is 0.331 e. The molecular weight excluding hydrogens is 241 g/mol. The van der Waals surface area contributed by atoms with Gasteiger partial charge in [0.1, 0.15) is 5.82 Å². The average molecular weight is 255 g/mol. The number of thioether (sulfide) groups is 1. The molecule has 0 radical (unpaired) electrons. The van der Waals surface area contributed by atoms with Crippen molar-refractivity contribution in [2.45, 2.75) is 18.2 Å². The van der Waals surface area contributed by atoms with Gasteiger partial charge >= 0.3 is 5.97 Å². The van der Waals surface area contributed by atoms with E-state index in [4.69, 9.17) is 10.8 Å². The molecule has 0 saturated carbocycles. The number of nitrogen functional groups attached to an aromatic ring is 1. The Morgan fingerprint density at radius 1 is 1.59 bits per heavy atom. The third-order valence-electron chi connectivity index (χ3n) is 2.18. The summed E-state index contributed by atoms with van der Waals surface area (Å²) in [4.78, 5) is 11.2. The normalized spacial score (nSPS) is 11.5. The van der Waals surface area contributed by atoms with Crippen LogP contribution in [-0.4, -0.2) is 16.8 Å². The van der Waals surface area contributed by atoms with Gasteiger partial charge in [0.05, 0.1) is 0 Å². The third-order valence-corrected chi connectivity index (χ3v) is 3.16. The zero-order valence-corrected chi connectivity index (χ0v) is 10.3. The van der Waals surface area contributed by atoms with E-state index < -0.39 is 5.97 Å². The van der Waals surface area contributed by atoms with E-state index in [2.05, 4.69) is 0 Å². The molecule has 0 spiro atoms. The molecule has 0 heterocycles. The standard InChI is InChI=1S/C12H14FNO2S/c1-2-8(12(15)16)5-6-17-11-4-3-9(14)7-10(11)13/h3-5,7H,2,6,14H2,1H3,(H,15,16). The molecule has 92 valence electrons. The first-order chi connectivity index (χ1) is 8.04. The van der Waals surface area contributed by atoms with Crippen LogP contribution in [0.15, 0.2) is 34.7 Å². The molecule has 0 atom stereocenters. The zero-order valence-electron chi connectivity index (χ0n) is 9.44. The summed E-state index contributed by atoms with van der Waals surface area (Å²) in [7, 11) is 0. The number of nitrogens with two attached hydrogens (primary N) is 1. The molecule has 1 aromatic carbocycles. The van der Waals surface area contributed by atoms with E-state index in [0.29, 0.717) is 28.3 Å². The van der Waals surface area contributed by atoms with E-state index >= 15 is 0 Å². The van der Waals surface area contributed by atoms with Crippen LogP contribution >= 0.6 is 11.8 Å². The Hall–Kier alpha value is -1.49. The first-order valence-electron chi connectivity index (χ1n) is 5.14. The summed E-state index contributed by atoms with van der Waals surface area (Å²) in [5, 5.41) is 8.79. The Morgan fingerprint density at radius 2 is 2.29 bits per heavy atom. The number of benzene rings is 1. The number of carboxylic acid groups (broad SMARTS) is 1. The Kier molecular flexibility index (Phi) is 5.03. The van der Waals surface area contributed by atoms with Crippen molar-refractivity contribution >= 4 is 23.4 Å². The van der Waals surface area contributed by atoms with Gasteiger partial charge in [-0.3, -0.25) is 0 Å². The zero-order chi connectivity index (χ0) is 12.8. The van der Waals surface area contributed by atoms with E-state index in [1.165, 1.54) is 17.8 Å². The van der Waals surface area contributed by atoms with E-state index in [0.717, 1.165) is 0 Å². The number of carbonyl (C=O) groups is 1. The monoisotopic (exact) mass is 255 g/mol. The summed E-state index contributed by atoms with van der Waals surface area (Å²) < 4.78 is 13.4. The second-order valence-corrected chi connectivity index (χ2v) is 4.45. The molecule has 3 N–H and O–H groups in total. The molecule has 0 aliphatic rings. The minimum absolute atomic E-state index is 0.341. The number of carboxylic acids is 1. The first kappa shape index (κ1) is 13.6. The topological polar surface area (TPSA) is 63.3 Å². The summed E-state index contributed by atoms with van der Waals surface area (Å²) >= 11 is 1.25. The molecule has 17 heavy (non-hydrogen) atoms. The van der Waals surface area contributed by atoms with E-state index in [1.54, 1.807) is 25.1 Å². The van der Waals surface area contributed by atoms with Crippen LogP contribution in [0.4, 0.5) is 10.1 Å². The lowest BCUT2D eigenvalue weighted by Crippen LogP contribution is -1.99. The predicted octanol–water partition coefficient (Wildman–Crippen LogP) is 2.92. The highest BCUT2D eigenvalue weighted by Gasteiger charge is 2.05. The molecule has 0 aliphatic carbocycles. The van der Waals surface area contributed by atoms with E-state index in [9.17, 15) is 9.18 Å². The van der Waals surface area contributed by atoms with Crippen LogP contribution in [0.5, 0.6) is 0 Å². The number of anilines is 1. The van der Waals surface area contributed by atoms with Crippen molar-refractivity contribution in [2.24, 2.45) is 0 Å². The van der Waals surface area contributed by atoms with Crippen molar-refractivity contribution in [1.29, 1.82) is 0 Å². The Morgan fingerprint density at radius 3 is 2.82 bits per heavy atom. The number of halogens is 1. The number of hydrogen-bond acceptors (Lipinski definition) is 3. The SMILES string of the molecule is CCC(=CCSc1ccc(N)cc1F)C(=O)O. The van der Waals surface area contributed by atoms with Gasteiger partial charge in [0.2, 0.25) is 0 Å². The summed E-state index contributed by atoms with van der Waals surface area (Å²) in [5.74, 6) is -0.876. The molecule has 0 amide bonds. The summed E-state index contributed by atoms with van der Waals surface area (Å²) in [6.07, 6.45) is 2.06. The van der Waals surface area contributed by atoms with Crippen molar-refractivity contribution in [1.82, 2.24) is 0 Å². The molecule has 0 aromatic heterocycles. The fraction of sp³-hybridized carbons (Fsp3) is 0.250. The predicted molar refractivity (Wildman–Crippen MR) is 67.5 cm³/mol. The molecule has 3 nitrogen and oxygen atoms in total. The number of rotatable bonds is 5. The molecular formula is C12H14FNO2S. The fourth-order valence-corrected chi connectivity index (χ4v) is 2.07. The van der Waals surface area contributed by atoms with Crippen molar-refractivity contribution < 1.29 is 14.3 Å². The Bertz CT molecular complexity index is 446. The van der Waals surface area contributed by atoms with Gasteiger partial charge in [0.15, 0.2) is 0 Å². The first-order valence-corrected chi connectivity index (χ1v) is 6.13. The van der Waals surface area contributed by atoms with Crippen LogP contribution in [0.2, 0.25) is 0 Å². The van der Waals surface area contributed by atoms with Gasteiger partial charge in [0, 0.05) is 21.9 Å². The lowest BCUT2D eigenvalue weighted by molar-refractivity contribution is -0.132. The highest BCUT2D eigenvalue weighted by molar-refractivity contribution is 7.99. The Balaban J connectivity index is 2.65. The number of aliphatic carboxylic acids is 1. The highest BCUT2D eigenvalue weighted by atomic mass is 32.2. The fourth-order valence-electron chi connectivity index (χ4n) is 1.25. The molecule has 1 rings (SSSR count). The van der Waals surface area contributed by atoms with Gasteiger partial charge in [-0.05, 0) is 24.6 Å². The quantitative estimate of drug-likeness (QED) is 0.482. The molecule has 5 heteroatoms. The largest absolute Gasteiger partial charge is 0.478 e. The van der Waals surface area contributed by atoms with Gasteiger partial charge in [-0.25, -0.2) is 9.18 Å². The van der Waals surface area contributed by atoms with Gasteiger partial charge in [-0.1, -0.05) is 13.0 Å². The Labute approximate surface area is 104 Å². The van der Waals surface area contributed by atoms with E-state index in [-0.39, 0.29) is 5.82 Å². The van der Waals surface area contributed by atoms with Crippen molar-refractivity contribution in [3.63, 3.8) is 0 Å². The second kappa shape index (κ2) is 6.30. The summed E-state index contributed by atoms with van der Waals surface area (Å²) in [6, 6.07) is 4.46. The minimum Gasteiger partial charge on any atom is -0.478 e. The van der Waals surface area contributed by atoms with Crippen molar-refractivity contribution in [3.05, 3.63) is 35.7 Å². The molecule has 0 aliphatic heterocycles. The maximum atomic E-state index is 13.4. The lowest BCUT2D eigenvalue weighted by Gasteiger charge is -2.02. The maximum absolute atomic E-state index is 13.4. The van der Waals surface area contributed by atoms with Gasteiger partial charge < -0.3 is 10.8 Å². The minimum atomic E-state index is -0.925. The molecule has 0 fully saturated rings. The summed E-state index contributed by atoms with van der Waals surface area (Å²) in [5.41, 5.74) is 6.14. The molecule has 0 bridgehead atoms. The van der Waals surface area contributed by atoms with Gasteiger partial charge in [-0.15, -0.1) is 11.8 Å². The van der Waals surface area contributed by atoms with Gasteiger partial charge in [-0.2, -0.15) is 0 Å². The third kappa shape index (κ3) is 4.11. The molecule has 0 unspecified atom stereocenters. The van der Waals surface area contributed by atoms with Crippen LogP contribution in [0.25, 0.3) is 0 Å². The molecule has 0 saturated heterocycles. The average Bonchev–Trinajstić information content (AvgIpc) is 2.26. The van der Waals surface area contributed by atoms with Gasteiger partial charge in [0.25, 0.3) is 0 Å². The van der Waals surface area contributed by atoms with E-state index in [1.807, 2.05) is 0 Å². The van der Waals surface area contributed by atoms with Crippen LogP contribution in [0.3, 0.4) is 0 Å². The maximum Gasteiger partial charge on any atom is 0.331 e. The van der Waals surface area contributed by atoms with Crippen LogP contribution in [-0.2, 0) is 4.79 Å². The highest BCUT2D eigenvalue weighted by Crippen LogP contribution is 2.23. The van der Waals surface area contributed by atoms with Crippen molar-refractivity contribution in [2.75, 3.05) is 11.5 Å². The lowest BCUT2D eigenvalue weighted by atomic mass is 10.2. The van der Waals surface area contributed by atoms with Crippen molar-refractivity contribution in [3.8, 4) is 0 Å². The summed E-state index contributed by atoms with van der Waals surface area (Å²) in [6.45, 7) is 1.77.